The first-order valence-electron chi connectivity index (χ1n) is 7.78. The molecule has 0 saturated carbocycles. The van der Waals surface area contributed by atoms with Crippen molar-refractivity contribution in [1.82, 2.24) is 9.88 Å². The van der Waals surface area contributed by atoms with Crippen molar-refractivity contribution in [2.24, 2.45) is 0 Å². The number of aryl methyl sites for hydroxylation is 1. The van der Waals surface area contributed by atoms with Gasteiger partial charge < -0.3 is 14.4 Å². The van der Waals surface area contributed by atoms with Crippen LogP contribution in [0.5, 0.6) is 0 Å². The minimum absolute atomic E-state index is 0.0370. The lowest BCUT2D eigenvalue weighted by Crippen LogP contribution is -2.42. The van der Waals surface area contributed by atoms with Gasteiger partial charge in [-0.3, -0.25) is 4.79 Å². The van der Waals surface area contributed by atoms with Crippen LogP contribution in [0.15, 0.2) is 34.9 Å². The molecule has 1 aromatic carbocycles. The first-order valence-corrected chi connectivity index (χ1v) is 8.16. The molecule has 1 amide bonds. The number of hydrogen-bond donors (Lipinski definition) is 1. The van der Waals surface area contributed by atoms with Gasteiger partial charge in [-0.1, -0.05) is 11.6 Å². The Morgan fingerprint density at radius 1 is 1.39 bits per heavy atom. The first-order chi connectivity index (χ1) is 11.1. The molecule has 1 aromatic heterocycles. The standard InChI is InChI=1S/C17H19ClN2O3/c18-13-5-3-12(4-6-13)15-10-19-16(23-15)7-8-17(22)20-9-1-2-14(21)11-20/h3-6,10,14,21H,1-2,7-9,11H2. The molecule has 6 heteroatoms. The number of β-amino-alcohol motifs (C(OH)–C–C–N with tert-alkyl or cyclic N) is 1. The van der Waals surface area contributed by atoms with Gasteiger partial charge in [0.2, 0.25) is 5.91 Å². The Kier molecular flexibility index (Phi) is 4.98. The Balaban J connectivity index is 1.56. The van der Waals surface area contributed by atoms with E-state index in [9.17, 15) is 9.90 Å². The van der Waals surface area contributed by atoms with Crippen molar-refractivity contribution < 1.29 is 14.3 Å². The smallest absolute Gasteiger partial charge is 0.223 e. The van der Waals surface area contributed by atoms with Crippen LogP contribution in [0.25, 0.3) is 11.3 Å². The van der Waals surface area contributed by atoms with Crippen molar-refractivity contribution >= 4 is 17.5 Å². The van der Waals surface area contributed by atoms with Crippen LogP contribution in [0.2, 0.25) is 5.02 Å². The van der Waals surface area contributed by atoms with Crippen LogP contribution in [-0.4, -0.2) is 40.1 Å². The molecule has 0 spiro atoms. The summed E-state index contributed by atoms with van der Waals surface area (Å²) in [5.41, 5.74) is 0.902. The number of aliphatic hydroxyl groups excluding tert-OH is 1. The van der Waals surface area contributed by atoms with E-state index in [2.05, 4.69) is 4.98 Å². The third kappa shape index (κ3) is 4.12. The van der Waals surface area contributed by atoms with E-state index < -0.39 is 6.10 Å². The van der Waals surface area contributed by atoms with E-state index in [-0.39, 0.29) is 5.91 Å². The third-order valence-corrected chi connectivity index (χ3v) is 4.24. The van der Waals surface area contributed by atoms with Gasteiger partial charge in [-0.05, 0) is 37.1 Å². The summed E-state index contributed by atoms with van der Waals surface area (Å²) in [7, 11) is 0. The number of halogens is 1. The van der Waals surface area contributed by atoms with E-state index in [0.717, 1.165) is 24.9 Å². The Morgan fingerprint density at radius 3 is 2.91 bits per heavy atom. The number of carbonyl (C=O) groups is 1. The number of aliphatic hydroxyl groups is 1. The molecule has 1 N–H and O–H groups in total. The monoisotopic (exact) mass is 334 g/mol. The summed E-state index contributed by atoms with van der Waals surface area (Å²) >= 11 is 5.87. The molecular formula is C17H19ClN2O3. The quantitative estimate of drug-likeness (QED) is 0.933. The summed E-state index contributed by atoms with van der Waals surface area (Å²) in [4.78, 5) is 18.1. The first kappa shape index (κ1) is 16.0. The van der Waals surface area contributed by atoms with E-state index in [0.29, 0.717) is 36.1 Å². The molecule has 0 bridgehead atoms. The average molecular weight is 335 g/mol. The second kappa shape index (κ2) is 7.15. The lowest BCUT2D eigenvalue weighted by atomic mass is 10.1. The zero-order chi connectivity index (χ0) is 16.2. The van der Waals surface area contributed by atoms with Crippen molar-refractivity contribution in [3.8, 4) is 11.3 Å². The maximum Gasteiger partial charge on any atom is 0.223 e. The fourth-order valence-corrected chi connectivity index (χ4v) is 2.85. The fraction of sp³-hybridized carbons (Fsp3) is 0.412. The van der Waals surface area contributed by atoms with Crippen molar-refractivity contribution in [3.63, 3.8) is 0 Å². The zero-order valence-electron chi connectivity index (χ0n) is 12.7. The number of aromatic nitrogens is 1. The number of carbonyl (C=O) groups excluding carboxylic acids is 1. The molecule has 2 heterocycles. The van der Waals surface area contributed by atoms with Crippen LogP contribution in [0, 0.1) is 0 Å². The summed E-state index contributed by atoms with van der Waals surface area (Å²) in [6, 6.07) is 7.33. The van der Waals surface area contributed by atoms with Gasteiger partial charge in [-0.25, -0.2) is 4.98 Å². The molecule has 23 heavy (non-hydrogen) atoms. The number of nitrogens with zero attached hydrogens (tertiary/aromatic N) is 2. The Labute approximate surface area is 139 Å². The van der Waals surface area contributed by atoms with Gasteiger partial charge in [-0.2, -0.15) is 0 Å². The highest BCUT2D eigenvalue weighted by molar-refractivity contribution is 6.30. The fourth-order valence-electron chi connectivity index (χ4n) is 2.73. The lowest BCUT2D eigenvalue weighted by Gasteiger charge is -2.30. The van der Waals surface area contributed by atoms with Gasteiger partial charge in [0.05, 0.1) is 12.3 Å². The van der Waals surface area contributed by atoms with Crippen molar-refractivity contribution in [3.05, 3.63) is 41.4 Å². The molecule has 1 atom stereocenters. The van der Waals surface area contributed by atoms with Crippen LogP contribution < -0.4 is 0 Å². The van der Waals surface area contributed by atoms with Crippen molar-refractivity contribution in [1.29, 1.82) is 0 Å². The predicted molar refractivity (Wildman–Crippen MR) is 87.1 cm³/mol. The Bertz CT molecular complexity index is 669. The second-order valence-corrected chi connectivity index (χ2v) is 6.20. The lowest BCUT2D eigenvalue weighted by molar-refractivity contribution is -0.134. The Hall–Kier alpha value is -1.85. The van der Waals surface area contributed by atoms with Crippen LogP contribution in [0.3, 0.4) is 0 Å². The van der Waals surface area contributed by atoms with Gasteiger partial charge >= 0.3 is 0 Å². The molecule has 0 radical (unpaired) electrons. The molecule has 3 rings (SSSR count). The van der Waals surface area contributed by atoms with Gasteiger partial charge in [0.25, 0.3) is 0 Å². The van der Waals surface area contributed by atoms with Gasteiger partial charge in [0, 0.05) is 36.5 Å². The van der Waals surface area contributed by atoms with Crippen molar-refractivity contribution in [2.75, 3.05) is 13.1 Å². The van der Waals surface area contributed by atoms with E-state index in [1.165, 1.54) is 0 Å². The number of hydrogen-bond acceptors (Lipinski definition) is 4. The van der Waals surface area contributed by atoms with Gasteiger partial charge in [0.15, 0.2) is 11.7 Å². The van der Waals surface area contributed by atoms with Crippen LogP contribution in [0.1, 0.15) is 25.2 Å². The summed E-state index contributed by atoms with van der Waals surface area (Å²) in [6.07, 6.45) is 3.69. The molecule has 1 fully saturated rings. The minimum Gasteiger partial charge on any atom is -0.441 e. The summed E-state index contributed by atoms with van der Waals surface area (Å²) in [5, 5.41) is 10.3. The maximum atomic E-state index is 12.2. The topological polar surface area (TPSA) is 66.6 Å². The Morgan fingerprint density at radius 2 is 2.17 bits per heavy atom. The van der Waals surface area contributed by atoms with Crippen molar-refractivity contribution in [2.45, 2.75) is 31.8 Å². The normalized spacial score (nSPS) is 18.2. The number of piperidine rings is 1. The molecule has 122 valence electrons. The molecule has 1 saturated heterocycles. The zero-order valence-corrected chi connectivity index (χ0v) is 13.5. The largest absolute Gasteiger partial charge is 0.441 e. The second-order valence-electron chi connectivity index (χ2n) is 5.76. The van der Waals surface area contributed by atoms with E-state index in [4.69, 9.17) is 16.0 Å². The molecule has 5 nitrogen and oxygen atoms in total. The summed E-state index contributed by atoms with van der Waals surface area (Å²) in [5.74, 6) is 1.24. The highest BCUT2D eigenvalue weighted by Crippen LogP contribution is 2.23. The molecular weight excluding hydrogens is 316 g/mol. The van der Waals surface area contributed by atoms with Gasteiger partial charge in [0.1, 0.15) is 0 Å². The molecule has 1 aliphatic rings. The van der Waals surface area contributed by atoms with Crippen LogP contribution >= 0.6 is 11.6 Å². The van der Waals surface area contributed by atoms with E-state index in [1.54, 1.807) is 23.2 Å². The van der Waals surface area contributed by atoms with Gasteiger partial charge in [-0.15, -0.1) is 0 Å². The number of amides is 1. The molecule has 1 aliphatic heterocycles. The number of benzene rings is 1. The molecule has 1 unspecified atom stereocenters. The van der Waals surface area contributed by atoms with E-state index >= 15 is 0 Å². The minimum atomic E-state index is -0.397. The van der Waals surface area contributed by atoms with Crippen LogP contribution in [-0.2, 0) is 11.2 Å². The number of rotatable bonds is 4. The highest BCUT2D eigenvalue weighted by Gasteiger charge is 2.22. The predicted octanol–water partition coefficient (Wildman–Crippen LogP) is 2.91. The highest BCUT2D eigenvalue weighted by atomic mass is 35.5. The average Bonchev–Trinajstić information content (AvgIpc) is 3.02. The third-order valence-electron chi connectivity index (χ3n) is 3.98. The number of oxazole rings is 1. The number of likely N-dealkylation sites (tertiary alicyclic amines) is 1. The molecule has 2 aromatic rings. The SMILES string of the molecule is O=C(CCc1ncc(-c2ccc(Cl)cc2)o1)N1CCCC(O)C1. The van der Waals surface area contributed by atoms with E-state index in [1.807, 2.05) is 12.1 Å². The maximum absolute atomic E-state index is 12.2. The molecule has 0 aliphatic carbocycles. The van der Waals surface area contributed by atoms with Crippen LogP contribution in [0.4, 0.5) is 0 Å². The summed E-state index contributed by atoms with van der Waals surface area (Å²) in [6.45, 7) is 1.15. The summed E-state index contributed by atoms with van der Waals surface area (Å²) < 4.78 is 5.69.